The SMILES string of the molecule is COc1ccccc1NC(=O)CN1C(=O)CC(c2ccc(Cl)cc2)=Nc2ccccc21. The maximum absolute atomic E-state index is 13.2. The summed E-state index contributed by atoms with van der Waals surface area (Å²) in [4.78, 5) is 32.1. The van der Waals surface area contributed by atoms with E-state index in [9.17, 15) is 9.59 Å². The number of rotatable bonds is 5. The molecule has 0 spiro atoms. The smallest absolute Gasteiger partial charge is 0.244 e. The second-order valence-electron chi connectivity index (χ2n) is 6.96. The Hall–Kier alpha value is -3.64. The van der Waals surface area contributed by atoms with E-state index in [0.29, 0.717) is 33.5 Å². The highest BCUT2D eigenvalue weighted by molar-refractivity contribution is 6.30. The van der Waals surface area contributed by atoms with Crippen molar-refractivity contribution in [2.24, 2.45) is 4.99 Å². The number of carbonyl (C=O) groups excluding carboxylic acids is 2. The number of hydrogen-bond acceptors (Lipinski definition) is 4. The van der Waals surface area contributed by atoms with Crippen LogP contribution in [-0.4, -0.2) is 31.2 Å². The standard InChI is InChI=1S/C24H20ClN3O3/c1-31-22-9-5-3-7-19(22)27-23(29)15-28-21-8-4-2-6-18(21)26-20(14-24(28)30)16-10-12-17(25)13-11-16/h2-13H,14-15H2,1H3,(H,27,29). The van der Waals surface area contributed by atoms with Gasteiger partial charge in [0, 0.05) is 5.02 Å². The third-order valence-electron chi connectivity index (χ3n) is 4.91. The van der Waals surface area contributed by atoms with Gasteiger partial charge in [-0.05, 0) is 42.0 Å². The van der Waals surface area contributed by atoms with Crippen molar-refractivity contribution in [2.75, 3.05) is 23.9 Å². The van der Waals surface area contributed by atoms with Gasteiger partial charge in [-0.25, -0.2) is 0 Å². The maximum atomic E-state index is 13.2. The average Bonchev–Trinajstić information content (AvgIpc) is 2.91. The highest BCUT2D eigenvalue weighted by Crippen LogP contribution is 2.33. The molecule has 1 aliphatic heterocycles. The number of ether oxygens (including phenoxy) is 1. The summed E-state index contributed by atoms with van der Waals surface area (Å²) < 4.78 is 5.28. The first-order valence-corrected chi connectivity index (χ1v) is 10.1. The molecular weight excluding hydrogens is 414 g/mol. The van der Waals surface area contributed by atoms with Crippen molar-refractivity contribution in [2.45, 2.75) is 6.42 Å². The van der Waals surface area contributed by atoms with Crippen LogP contribution in [0, 0.1) is 0 Å². The Balaban J connectivity index is 1.61. The van der Waals surface area contributed by atoms with Crippen molar-refractivity contribution >= 4 is 46.2 Å². The zero-order valence-corrected chi connectivity index (χ0v) is 17.6. The number of hydrogen-bond donors (Lipinski definition) is 1. The van der Waals surface area contributed by atoms with Crippen LogP contribution in [0.1, 0.15) is 12.0 Å². The van der Waals surface area contributed by atoms with Gasteiger partial charge in [-0.15, -0.1) is 0 Å². The van der Waals surface area contributed by atoms with Crippen LogP contribution in [-0.2, 0) is 9.59 Å². The highest BCUT2D eigenvalue weighted by Gasteiger charge is 2.26. The molecule has 0 bridgehead atoms. The number of para-hydroxylation sites is 4. The Morgan fingerprint density at radius 2 is 1.77 bits per heavy atom. The third-order valence-corrected chi connectivity index (χ3v) is 5.16. The van der Waals surface area contributed by atoms with Crippen LogP contribution in [0.25, 0.3) is 0 Å². The summed E-state index contributed by atoms with van der Waals surface area (Å²) in [5.74, 6) is 0.00298. The van der Waals surface area contributed by atoms with Gasteiger partial charge in [0.05, 0.1) is 36.3 Å². The summed E-state index contributed by atoms with van der Waals surface area (Å²) in [6.45, 7) is -0.142. The normalized spacial score (nSPS) is 13.2. The molecule has 0 atom stereocenters. The molecule has 7 heteroatoms. The lowest BCUT2D eigenvalue weighted by Crippen LogP contribution is -2.38. The van der Waals surface area contributed by atoms with Gasteiger partial charge >= 0.3 is 0 Å². The number of nitrogens with one attached hydrogen (secondary N) is 1. The molecule has 0 aromatic heterocycles. The van der Waals surface area contributed by atoms with Crippen molar-refractivity contribution in [3.05, 3.63) is 83.4 Å². The summed E-state index contributed by atoms with van der Waals surface area (Å²) >= 11 is 5.99. The fourth-order valence-electron chi connectivity index (χ4n) is 3.41. The lowest BCUT2D eigenvalue weighted by atomic mass is 10.1. The first-order chi connectivity index (χ1) is 15.0. The Morgan fingerprint density at radius 3 is 2.55 bits per heavy atom. The number of halogens is 1. The molecule has 1 N–H and O–H groups in total. The zero-order chi connectivity index (χ0) is 21.8. The zero-order valence-electron chi connectivity index (χ0n) is 16.8. The van der Waals surface area contributed by atoms with Crippen molar-refractivity contribution in [3.8, 4) is 5.75 Å². The van der Waals surface area contributed by atoms with Crippen LogP contribution >= 0.6 is 11.6 Å². The van der Waals surface area contributed by atoms with Crippen LogP contribution in [0.5, 0.6) is 5.75 Å². The molecule has 0 saturated carbocycles. The molecule has 156 valence electrons. The number of aliphatic imine (C=N–C) groups is 1. The molecule has 3 aromatic rings. The van der Waals surface area contributed by atoms with Gasteiger partial charge in [0.15, 0.2) is 0 Å². The molecule has 0 saturated heterocycles. The molecule has 31 heavy (non-hydrogen) atoms. The van der Waals surface area contributed by atoms with Gasteiger partial charge < -0.3 is 15.0 Å². The quantitative estimate of drug-likeness (QED) is 0.625. The predicted molar refractivity (Wildman–Crippen MR) is 123 cm³/mol. The number of amides is 2. The molecule has 1 aliphatic rings. The number of benzene rings is 3. The number of anilines is 2. The summed E-state index contributed by atoms with van der Waals surface area (Å²) in [5.41, 5.74) is 3.20. The van der Waals surface area contributed by atoms with E-state index in [4.69, 9.17) is 21.3 Å². The number of fused-ring (bicyclic) bond motifs is 1. The Bertz CT molecular complexity index is 1160. The molecule has 3 aromatic carbocycles. The minimum Gasteiger partial charge on any atom is -0.495 e. The predicted octanol–water partition coefficient (Wildman–Crippen LogP) is 4.84. The first-order valence-electron chi connectivity index (χ1n) is 9.71. The summed E-state index contributed by atoms with van der Waals surface area (Å²) in [5, 5.41) is 3.43. The molecular formula is C24H20ClN3O3. The first kappa shape index (κ1) is 20.6. The van der Waals surface area contributed by atoms with Gasteiger partial charge in [0.2, 0.25) is 11.8 Å². The molecule has 0 unspecified atom stereocenters. The van der Waals surface area contributed by atoms with Crippen LogP contribution in [0.15, 0.2) is 77.8 Å². The Labute approximate surface area is 185 Å². The third kappa shape index (κ3) is 4.59. The molecule has 2 amide bonds. The Kier molecular flexibility index (Phi) is 6.00. The van der Waals surface area contributed by atoms with Crippen molar-refractivity contribution in [3.63, 3.8) is 0 Å². The molecule has 4 rings (SSSR count). The van der Waals surface area contributed by atoms with Crippen molar-refractivity contribution in [1.82, 2.24) is 0 Å². The van der Waals surface area contributed by atoms with Gasteiger partial charge in [0.1, 0.15) is 12.3 Å². The highest BCUT2D eigenvalue weighted by atomic mass is 35.5. The lowest BCUT2D eigenvalue weighted by Gasteiger charge is -2.22. The molecule has 1 heterocycles. The van der Waals surface area contributed by atoms with E-state index in [1.807, 2.05) is 36.4 Å². The summed E-state index contributed by atoms with van der Waals surface area (Å²) in [6.07, 6.45) is 0.0677. The minimum absolute atomic E-state index is 0.0677. The summed E-state index contributed by atoms with van der Waals surface area (Å²) in [7, 11) is 1.54. The maximum Gasteiger partial charge on any atom is 0.244 e. The number of nitrogens with zero attached hydrogens (tertiary/aromatic N) is 2. The lowest BCUT2D eigenvalue weighted by molar-refractivity contribution is -0.120. The fourth-order valence-corrected chi connectivity index (χ4v) is 3.53. The molecule has 0 radical (unpaired) electrons. The van der Waals surface area contributed by atoms with E-state index in [2.05, 4.69) is 5.32 Å². The van der Waals surface area contributed by atoms with Crippen LogP contribution in [0.3, 0.4) is 0 Å². The monoisotopic (exact) mass is 433 g/mol. The van der Waals surface area contributed by atoms with Crippen LogP contribution in [0.2, 0.25) is 5.02 Å². The molecule has 0 aliphatic carbocycles. The van der Waals surface area contributed by atoms with Gasteiger partial charge in [-0.1, -0.05) is 48.0 Å². The van der Waals surface area contributed by atoms with E-state index < -0.39 is 0 Å². The average molecular weight is 434 g/mol. The van der Waals surface area contributed by atoms with Gasteiger partial charge in [-0.2, -0.15) is 0 Å². The van der Waals surface area contributed by atoms with Gasteiger partial charge in [-0.3, -0.25) is 14.6 Å². The topological polar surface area (TPSA) is 71.0 Å². The molecule has 6 nitrogen and oxygen atoms in total. The van der Waals surface area contributed by atoms with Crippen molar-refractivity contribution < 1.29 is 14.3 Å². The van der Waals surface area contributed by atoms with E-state index in [0.717, 1.165) is 5.56 Å². The second-order valence-corrected chi connectivity index (χ2v) is 7.40. The van der Waals surface area contributed by atoms with Crippen LogP contribution < -0.4 is 15.0 Å². The minimum atomic E-state index is -0.331. The number of methoxy groups -OCH3 is 1. The van der Waals surface area contributed by atoms with Crippen LogP contribution in [0.4, 0.5) is 17.1 Å². The fraction of sp³-hybridized carbons (Fsp3) is 0.125. The van der Waals surface area contributed by atoms with Crippen molar-refractivity contribution in [1.29, 1.82) is 0 Å². The Morgan fingerprint density at radius 1 is 1.06 bits per heavy atom. The van der Waals surface area contributed by atoms with E-state index in [-0.39, 0.29) is 24.8 Å². The number of carbonyl (C=O) groups is 2. The van der Waals surface area contributed by atoms with E-state index >= 15 is 0 Å². The summed E-state index contributed by atoms with van der Waals surface area (Å²) in [6, 6.07) is 21.6. The van der Waals surface area contributed by atoms with E-state index in [1.165, 1.54) is 12.0 Å². The van der Waals surface area contributed by atoms with Gasteiger partial charge in [0.25, 0.3) is 0 Å². The molecule has 0 fully saturated rings. The second kappa shape index (κ2) is 9.02. The van der Waals surface area contributed by atoms with E-state index in [1.54, 1.807) is 36.4 Å². The largest absolute Gasteiger partial charge is 0.495 e.